The maximum atomic E-state index is 14.2. The molecule has 0 radical (unpaired) electrons. The first-order valence-corrected chi connectivity index (χ1v) is 11.2. The zero-order valence-corrected chi connectivity index (χ0v) is 19.7. The van der Waals surface area contributed by atoms with Gasteiger partial charge in [0, 0.05) is 23.2 Å². The summed E-state index contributed by atoms with van der Waals surface area (Å²) in [6, 6.07) is 10.9. The number of amides is 2. The first-order valence-electron chi connectivity index (χ1n) is 10.8. The molecular weight excluding hydrogens is 449 g/mol. The first-order chi connectivity index (χ1) is 15.5. The lowest BCUT2D eigenvalue weighted by molar-refractivity contribution is -0.138. The van der Waals surface area contributed by atoms with Crippen LogP contribution < -0.4 is 0 Å². The van der Waals surface area contributed by atoms with Crippen molar-refractivity contribution in [3.05, 3.63) is 58.9 Å². The van der Waals surface area contributed by atoms with E-state index in [1.807, 2.05) is 0 Å². The number of carbonyl (C=O) groups excluding carboxylic acids is 2. The fourth-order valence-corrected chi connectivity index (χ4v) is 4.38. The summed E-state index contributed by atoms with van der Waals surface area (Å²) >= 11 is 6.00. The monoisotopic (exact) mass is 477 g/mol. The van der Waals surface area contributed by atoms with E-state index in [0.717, 1.165) is 10.5 Å². The summed E-state index contributed by atoms with van der Waals surface area (Å²) in [4.78, 5) is 27.1. The van der Waals surface area contributed by atoms with Crippen LogP contribution in [-0.4, -0.2) is 52.0 Å². The van der Waals surface area contributed by atoms with Crippen LogP contribution in [0.2, 0.25) is 5.02 Å². The average Bonchev–Trinajstić information content (AvgIpc) is 3.01. The van der Waals surface area contributed by atoms with Crippen LogP contribution in [0.1, 0.15) is 39.2 Å². The van der Waals surface area contributed by atoms with Gasteiger partial charge in [-0.25, -0.2) is 14.1 Å². The number of aliphatic hydroxyl groups is 2. The molecule has 2 N–H and O–H groups in total. The Bertz CT molecular complexity index is 1020. The molecule has 2 aromatic rings. The number of rotatable bonds is 6. The normalized spacial score (nSPS) is 20.9. The molecule has 0 bridgehead atoms. The average molecular weight is 478 g/mol. The van der Waals surface area contributed by atoms with Gasteiger partial charge in [-0.1, -0.05) is 35.9 Å². The highest BCUT2D eigenvalue weighted by atomic mass is 35.5. The maximum absolute atomic E-state index is 14.2. The van der Waals surface area contributed by atoms with Gasteiger partial charge in [0.1, 0.15) is 11.4 Å². The molecule has 0 aromatic heterocycles. The molecule has 2 amide bonds. The van der Waals surface area contributed by atoms with E-state index in [0.29, 0.717) is 22.6 Å². The summed E-state index contributed by atoms with van der Waals surface area (Å²) in [6.07, 6.45) is -0.197. The summed E-state index contributed by atoms with van der Waals surface area (Å²) in [5.41, 5.74) is -0.185. The topological polar surface area (TPSA) is 87.1 Å². The van der Waals surface area contributed by atoms with E-state index in [1.54, 1.807) is 51.1 Å². The van der Waals surface area contributed by atoms with Gasteiger partial charge >= 0.3 is 6.09 Å². The lowest BCUT2D eigenvalue weighted by Crippen LogP contribution is -2.45. The third-order valence-corrected chi connectivity index (χ3v) is 6.05. The van der Waals surface area contributed by atoms with Crippen LogP contribution in [0.4, 0.5) is 9.18 Å². The van der Waals surface area contributed by atoms with Crippen LogP contribution in [0.25, 0.3) is 11.1 Å². The molecule has 3 rings (SSSR count). The molecule has 178 valence electrons. The molecule has 0 saturated carbocycles. The molecule has 1 aliphatic rings. The Morgan fingerprint density at radius 3 is 2.45 bits per heavy atom. The second kappa shape index (κ2) is 9.79. The standard InChI is InChI=1S/C25H29ClFNO5/c1-24(2,3)33-23(32)28-19(14-25(15-30,10-11-29)22(28)31)12-16-4-6-17(7-5-16)20-13-18(26)8-9-21(20)27/h4-9,13,19,29-30H,10-12,14-15H2,1-3H3/t19-,25?/m1/s1. The molecule has 6 nitrogen and oxygen atoms in total. The minimum absolute atomic E-state index is 0.0467. The van der Waals surface area contributed by atoms with Crippen LogP contribution in [-0.2, 0) is 16.0 Å². The predicted molar refractivity (Wildman–Crippen MR) is 123 cm³/mol. The molecule has 1 aliphatic heterocycles. The number of benzene rings is 2. The SMILES string of the molecule is CC(C)(C)OC(=O)N1C(=O)C(CO)(CCO)C[C@H]1Cc1ccc(-c2cc(Cl)ccc2F)cc1. The Hall–Kier alpha value is -2.48. The predicted octanol–water partition coefficient (Wildman–Crippen LogP) is 4.59. The molecule has 8 heteroatoms. The van der Waals surface area contributed by atoms with Gasteiger partial charge in [0.05, 0.1) is 12.0 Å². The van der Waals surface area contributed by atoms with Gasteiger partial charge in [-0.15, -0.1) is 0 Å². The van der Waals surface area contributed by atoms with Crippen molar-refractivity contribution in [1.29, 1.82) is 0 Å². The highest BCUT2D eigenvalue weighted by Gasteiger charge is 2.54. The maximum Gasteiger partial charge on any atom is 0.417 e. The Balaban J connectivity index is 1.88. The third-order valence-electron chi connectivity index (χ3n) is 5.81. The van der Waals surface area contributed by atoms with Gasteiger partial charge in [0.15, 0.2) is 0 Å². The van der Waals surface area contributed by atoms with Crippen LogP contribution in [0.3, 0.4) is 0 Å². The minimum atomic E-state index is -1.24. The number of likely N-dealkylation sites (tertiary alicyclic amines) is 1. The number of hydrogen-bond acceptors (Lipinski definition) is 5. The van der Waals surface area contributed by atoms with Crippen molar-refractivity contribution in [3.63, 3.8) is 0 Å². The highest BCUT2D eigenvalue weighted by molar-refractivity contribution is 6.30. The van der Waals surface area contributed by atoms with Gasteiger partial charge in [-0.2, -0.15) is 0 Å². The zero-order chi connectivity index (χ0) is 24.4. The van der Waals surface area contributed by atoms with E-state index in [1.165, 1.54) is 12.1 Å². The fourth-order valence-electron chi connectivity index (χ4n) is 4.20. The van der Waals surface area contributed by atoms with Crippen molar-refractivity contribution in [2.45, 2.75) is 51.7 Å². The van der Waals surface area contributed by atoms with E-state index in [-0.39, 0.29) is 25.3 Å². The van der Waals surface area contributed by atoms with Gasteiger partial charge in [0.25, 0.3) is 0 Å². The molecule has 0 aliphatic carbocycles. The van der Waals surface area contributed by atoms with Crippen molar-refractivity contribution >= 4 is 23.6 Å². The zero-order valence-electron chi connectivity index (χ0n) is 19.0. The number of halogens is 2. The van der Waals surface area contributed by atoms with E-state index in [4.69, 9.17) is 16.3 Å². The lowest BCUT2D eigenvalue weighted by atomic mass is 9.81. The number of aliphatic hydroxyl groups excluding tert-OH is 2. The van der Waals surface area contributed by atoms with Crippen LogP contribution in [0.5, 0.6) is 0 Å². The summed E-state index contributed by atoms with van der Waals surface area (Å²) in [5, 5.41) is 19.9. The number of nitrogens with zero attached hydrogens (tertiary/aromatic N) is 1. The largest absolute Gasteiger partial charge is 0.443 e. The summed E-state index contributed by atoms with van der Waals surface area (Å²) in [7, 11) is 0. The molecule has 1 heterocycles. The molecule has 2 atom stereocenters. The van der Waals surface area contributed by atoms with Crippen LogP contribution in [0.15, 0.2) is 42.5 Å². The molecule has 33 heavy (non-hydrogen) atoms. The Kier molecular flexibility index (Phi) is 7.46. The molecule has 1 saturated heterocycles. The third kappa shape index (κ3) is 5.54. The van der Waals surface area contributed by atoms with Gasteiger partial charge in [-0.05, 0) is 69.4 Å². The number of hydrogen-bond donors (Lipinski definition) is 2. The van der Waals surface area contributed by atoms with Gasteiger partial charge in [0.2, 0.25) is 5.91 Å². The molecular formula is C25H29ClFNO5. The fraction of sp³-hybridized carbons (Fsp3) is 0.440. The molecule has 1 fully saturated rings. The molecule has 2 aromatic carbocycles. The van der Waals surface area contributed by atoms with E-state index >= 15 is 0 Å². The van der Waals surface area contributed by atoms with Crippen molar-refractivity contribution in [2.75, 3.05) is 13.2 Å². The summed E-state index contributed by atoms with van der Waals surface area (Å²) in [6.45, 7) is 4.36. The summed E-state index contributed by atoms with van der Waals surface area (Å²) in [5.74, 6) is -0.933. The van der Waals surface area contributed by atoms with Crippen LogP contribution in [0, 0.1) is 11.2 Å². The van der Waals surface area contributed by atoms with E-state index < -0.39 is 35.7 Å². The second-order valence-corrected chi connectivity index (χ2v) is 9.89. The number of ether oxygens (including phenoxy) is 1. The highest BCUT2D eigenvalue weighted by Crippen LogP contribution is 2.41. The number of imide groups is 1. The Labute approximate surface area is 197 Å². The van der Waals surface area contributed by atoms with Gasteiger partial charge in [-0.3, -0.25) is 4.79 Å². The first kappa shape index (κ1) is 25.1. The minimum Gasteiger partial charge on any atom is -0.443 e. The Morgan fingerprint density at radius 1 is 1.21 bits per heavy atom. The van der Waals surface area contributed by atoms with Gasteiger partial charge < -0.3 is 14.9 Å². The van der Waals surface area contributed by atoms with E-state index in [9.17, 15) is 24.2 Å². The van der Waals surface area contributed by atoms with Crippen molar-refractivity contribution in [3.8, 4) is 11.1 Å². The van der Waals surface area contributed by atoms with Crippen molar-refractivity contribution < 1.29 is 28.9 Å². The number of carbonyl (C=O) groups is 2. The quantitative estimate of drug-likeness (QED) is 0.635. The lowest BCUT2D eigenvalue weighted by Gasteiger charge is -2.28. The van der Waals surface area contributed by atoms with Crippen LogP contribution >= 0.6 is 11.6 Å². The smallest absolute Gasteiger partial charge is 0.417 e. The summed E-state index contributed by atoms with van der Waals surface area (Å²) < 4.78 is 19.6. The van der Waals surface area contributed by atoms with Crippen molar-refractivity contribution in [2.24, 2.45) is 5.41 Å². The van der Waals surface area contributed by atoms with E-state index in [2.05, 4.69) is 0 Å². The van der Waals surface area contributed by atoms with Crippen molar-refractivity contribution in [1.82, 2.24) is 4.90 Å². The second-order valence-electron chi connectivity index (χ2n) is 9.45. The molecule has 0 spiro atoms. The molecule has 1 unspecified atom stereocenters. The Morgan fingerprint density at radius 2 is 1.88 bits per heavy atom.